The van der Waals surface area contributed by atoms with E-state index in [-0.39, 0.29) is 5.56 Å². The van der Waals surface area contributed by atoms with Crippen LogP contribution in [0.25, 0.3) is 0 Å². The minimum absolute atomic E-state index is 0.275. The Bertz CT molecular complexity index is 728. The molecule has 1 aromatic carbocycles. The molecule has 116 valence electrons. The van der Waals surface area contributed by atoms with Crippen LogP contribution in [0.2, 0.25) is 0 Å². The van der Waals surface area contributed by atoms with Crippen molar-refractivity contribution in [3.63, 3.8) is 0 Å². The molecule has 0 atom stereocenters. The highest BCUT2D eigenvalue weighted by atomic mass is 32.2. The third kappa shape index (κ3) is 3.73. The third-order valence-electron chi connectivity index (χ3n) is 2.84. The first-order valence-electron chi connectivity index (χ1n) is 6.94. The minimum atomic E-state index is -0.275. The van der Waals surface area contributed by atoms with Gasteiger partial charge in [-0.15, -0.1) is 10.2 Å². The predicted molar refractivity (Wildman–Crippen MR) is 88.0 cm³/mol. The number of hydrogen-bond donors (Lipinski definition) is 0. The summed E-state index contributed by atoms with van der Waals surface area (Å²) in [6, 6.07) is 7.57. The van der Waals surface area contributed by atoms with E-state index in [1.807, 2.05) is 37.4 Å². The summed E-state index contributed by atoms with van der Waals surface area (Å²) in [6.45, 7) is 4.30. The average molecular weight is 318 g/mol. The van der Waals surface area contributed by atoms with Crippen molar-refractivity contribution in [2.45, 2.75) is 25.4 Å². The van der Waals surface area contributed by atoms with E-state index in [1.54, 1.807) is 13.1 Å². The molecule has 22 heavy (non-hydrogen) atoms. The number of rotatable bonds is 6. The molecule has 0 fully saturated rings. The van der Waals surface area contributed by atoms with Gasteiger partial charge in [0.15, 0.2) is 0 Å². The molecule has 6 nitrogen and oxygen atoms in total. The molecule has 0 unspecified atom stereocenters. The van der Waals surface area contributed by atoms with Gasteiger partial charge in [0.25, 0.3) is 5.56 Å². The first-order valence-corrected chi connectivity index (χ1v) is 8.16. The molecule has 0 N–H and O–H groups in total. The van der Waals surface area contributed by atoms with Crippen molar-refractivity contribution in [1.29, 1.82) is 0 Å². The van der Waals surface area contributed by atoms with Gasteiger partial charge in [0, 0.05) is 5.56 Å². The second-order valence-electron chi connectivity index (χ2n) is 4.52. The Morgan fingerprint density at radius 1 is 1.36 bits per heavy atom. The maximum absolute atomic E-state index is 12.1. The smallest absolute Gasteiger partial charge is 0.296 e. The van der Waals surface area contributed by atoms with E-state index in [2.05, 4.69) is 15.3 Å². The van der Waals surface area contributed by atoms with Gasteiger partial charge in [-0.25, -0.2) is 0 Å². The van der Waals surface area contributed by atoms with E-state index in [0.717, 1.165) is 17.7 Å². The Balaban J connectivity index is 2.37. The second-order valence-corrected chi connectivity index (χ2v) is 5.29. The van der Waals surface area contributed by atoms with Crippen molar-refractivity contribution in [2.75, 3.05) is 12.9 Å². The van der Waals surface area contributed by atoms with Gasteiger partial charge < -0.3 is 4.74 Å². The Kier molecular flexibility index (Phi) is 5.71. The molecule has 0 saturated carbocycles. The monoisotopic (exact) mass is 318 g/mol. The Morgan fingerprint density at radius 3 is 2.86 bits per heavy atom. The summed E-state index contributed by atoms with van der Waals surface area (Å²) in [7, 11) is 0. The standard InChI is InChI=1S/C15H18N4O2S/c1-4-9-21-13-8-6-5-7-12(13)10-16-19-14(20)11(2)17-18-15(19)22-3/h5-8,10H,4,9H2,1-3H3/b16-10-. The number of thioether (sulfide) groups is 1. The van der Waals surface area contributed by atoms with Crippen LogP contribution in [0.3, 0.4) is 0 Å². The van der Waals surface area contributed by atoms with Gasteiger partial charge in [-0.05, 0) is 31.7 Å². The maximum atomic E-state index is 12.1. The fourth-order valence-corrected chi connectivity index (χ4v) is 2.15. The molecule has 2 rings (SSSR count). The summed E-state index contributed by atoms with van der Waals surface area (Å²) in [4.78, 5) is 12.1. The summed E-state index contributed by atoms with van der Waals surface area (Å²) in [5.74, 6) is 0.741. The van der Waals surface area contributed by atoms with E-state index in [1.165, 1.54) is 16.4 Å². The fraction of sp³-hybridized carbons (Fsp3) is 0.333. The van der Waals surface area contributed by atoms with Crippen LogP contribution in [0.1, 0.15) is 24.6 Å². The van der Waals surface area contributed by atoms with Crippen LogP contribution in [0.5, 0.6) is 5.75 Å². The topological polar surface area (TPSA) is 69.4 Å². The van der Waals surface area contributed by atoms with E-state index < -0.39 is 0 Å². The van der Waals surface area contributed by atoms with Crippen LogP contribution < -0.4 is 10.3 Å². The lowest BCUT2D eigenvalue weighted by Crippen LogP contribution is -2.23. The van der Waals surface area contributed by atoms with E-state index in [4.69, 9.17) is 4.74 Å². The summed E-state index contributed by atoms with van der Waals surface area (Å²) < 4.78 is 6.93. The number of aryl methyl sites for hydroxylation is 1. The number of nitrogens with zero attached hydrogens (tertiary/aromatic N) is 4. The zero-order chi connectivity index (χ0) is 15.9. The van der Waals surface area contributed by atoms with Crippen molar-refractivity contribution < 1.29 is 4.74 Å². The molecule has 0 saturated heterocycles. The number of para-hydroxylation sites is 1. The fourth-order valence-electron chi connectivity index (χ4n) is 1.72. The highest BCUT2D eigenvalue weighted by Gasteiger charge is 2.07. The number of hydrogen-bond acceptors (Lipinski definition) is 6. The van der Waals surface area contributed by atoms with Gasteiger partial charge in [-0.2, -0.15) is 9.78 Å². The SMILES string of the molecule is CCCOc1ccccc1/C=N\n1c(SC)nnc(C)c1=O. The molecule has 0 bridgehead atoms. The average Bonchev–Trinajstić information content (AvgIpc) is 2.55. The Hall–Kier alpha value is -2.15. The first kappa shape index (κ1) is 16.2. The normalized spacial score (nSPS) is 11.0. The molecule has 0 spiro atoms. The molecule has 1 aromatic heterocycles. The summed E-state index contributed by atoms with van der Waals surface area (Å²) >= 11 is 1.32. The molecule has 0 aliphatic rings. The van der Waals surface area contributed by atoms with Crippen molar-refractivity contribution in [2.24, 2.45) is 5.10 Å². The lowest BCUT2D eigenvalue weighted by atomic mass is 10.2. The molecule has 0 aliphatic heterocycles. The molecule has 1 heterocycles. The first-order chi connectivity index (χ1) is 10.7. The van der Waals surface area contributed by atoms with Crippen LogP contribution >= 0.6 is 11.8 Å². The second kappa shape index (κ2) is 7.74. The van der Waals surface area contributed by atoms with Crippen molar-refractivity contribution in [3.8, 4) is 5.75 Å². The summed E-state index contributed by atoms with van der Waals surface area (Å²) in [5, 5.41) is 12.5. The highest BCUT2D eigenvalue weighted by molar-refractivity contribution is 7.98. The van der Waals surface area contributed by atoms with Crippen LogP contribution in [0.15, 0.2) is 39.3 Å². The predicted octanol–water partition coefficient (Wildman–Crippen LogP) is 2.34. The number of ether oxygens (including phenoxy) is 1. The van der Waals surface area contributed by atoms with Crippen LogP contribution in [-0.4, -0.2) is 34.0 Å². The molecule has 0 amide bonds. The molecular weight excluding hydrogens is 300 g/mol. The quantitative estimate of drug-likeness (QED) is 0.604. The largest absolute Gasteiger partial charge is 0.493 e. The third-order valence-corrected chi connectivity index (χ3v) is 3.46. The molecular formula is C15H18N4O2S. The highest BCUT2D eigenvalue weighted by Crippen LogP contribution is 2.16. The van der Waals surface area contributed by atoms with E-state index in [0.29, 0.717) is 17.5 Å². The van der Waals surface area contributed by atoms with Gasteiger partial charge in [-0.1, -0.05) is 30.8 Å². The van der Waals surface area contributed by atoms with Gasteiger partial charge in [-0.3, -0.25) is 4.79 Å². The van der Waals surface area contributed by atoms with Crippen LogP contribution in [0.4, 0.5) is 0 Å². The number of benzene rings is 1. The van der Waals surface area contributed by atoms with Gasteiger partial charge in [0.1, 0.15) is 11.4 Å². The summed E-state index contributed by atoms with van der Waals surface area (Å²) in [5.41, 5.74) is 0.845. The van der Waals surface area contributed by atoms with Gasteiger partial charge >= 0.3 is 0 Å². The van der Waals surface area contributed by atoms with Gasteiger partial charge in [0.05, 0.1) is 12.8 Å². The van der Waals surface area contributed by atoms with Crippen LogP contribution in [-0.2, 0) is 0 Å². The number of aromatic nitrogens is 3. The van der Waals surface area contributed by atoms with Crippen molar-refractivity contribution in [1.82, 2.24) is 14.9 Å². The molecule has 0 radical (unpaired) electrons. The van der Waals surface area contributed by atoms with Crippen molar-refractivity contribution in [3.05, 3.63) is 45.9 Å². The summed E-state index contributed by atoms with van der Waals surface area (Å²) in [6.07, 6.45) is 4.35. The minimum Gasteiger partial charge on any atom is -0.493 e. The van der Waals surface area contributed by atoms with Crippen molar-refractivity contribution >= 4 is 18.0 Å². The Morgan fingerprint density at radius 2 is 2.14 bits per heavy atom. The zero-order valence-electron chi connectivity index (χ0n) is 12.8. The molecule has 0 aliphatic carbocycles. The molecule has 2 aromatic rings. The lowest BCUT2D eigenvalue weighted by molar-refractivity contribution is 0.317. The molecule has 7 heteroatoms. The van der Waals surface area contributed by atoms with Crippen LogP contribution in [0, 0.1) is 6.92 Å². The lowest BCUT2D eigenvalue weighted by Gasteiger charge is -2.08. The van der Waals surface area contributed by atoms with E-state index in [9.17, 15) is 4.79 Å². The zero-order valence-corrected chi connectivity index (χ0v) is 13.6. The Labute approximate surface area is 133 Å². The van der Waals surface area contributed by atoms with Gasteiger partial charge in [0.2, 0.25) is 5.16 Å². The van der Waals surface area contributed by atoms with E-state index >= 15 is 0 Å². The maximum Gasteiger partial charge on any atom is 0.296 e.